The van der Waals surface area contributed by atoms with Crippen LogP contribution in [0.1, 0.15) is 43.2 Å². The lowest BCUT2D eigenvalue weighted by atomic mass is 9.99. The molecule has 0 amide bonds. The number of benzene rings is 1. The van der Waals surface area contributed by atoms with Gasteiger partial charge in [-0.3, -0.25) is 0 Å². The molecule has 112 valence electrons. The maximum Gasteiger partial charge on any atom is 0.125 e. The van der Waals surface area contributed by atoms with Crippen molar-refractivity contribution in [1.82, 2.24) is 14.9 Å². The second-order valence-electron chi connectivity index (χ2n) is 5.40. The summed E-state index contributed by atoms with van der Waals surface area (Å²) in [6, 6.07) is 4.95. The van der Waals surface area contributed by atoms with E-state index < -0.39 is 0 Å². The molecular formula is C16H20FN3O. The summed E-state index contributed by atoms with van der Waals surface area (Å²) in [5, 5.41) is 3.60. The molecule has 0 unspecified atom stereocenters. The number of hydrogen-bond acceptors (Lipinski definition) is 3. The zero-order chi connectivity index (χ0) is 14.8. The van der Waals surface area contributed by atoms with Crippen LogP contribution in [0, 0.1) is 5.82 Å². The highest BCUT2D eigenvalue weighted by Gasteiger charge is 2.25. The lowest BCUT2D eigenvalue weighted by Gasteiger charge is -2.30. The summed E-state index contributed by atoms with van der Waals surface area (Å²) in [5.41, 5.74) is 0.897. The van der Waals surface area contributed by atoms with Crippen LogP contribution in [0.4, 0.5) is 4.39 Å². The average Bonchev–Trinajstić information content (AvgIpc) is 2.91. The quantitative estimate of drug-likeness (QED) is 0.940. The number of ether oxygens (including phenoxy) is 1. The molecule has 1 aromatic heterocycles. The summed E-state index contributed by atoms with van der Waals surface area (Å²) in [6.45, 7) is 2.77. The van der Waals surface area contributed by atoms with Crippen molar-refractivity contribution >= 4 is 0 Å². The molecule has 1 N–H and O–H groups in total. The predicted molar refractivity (Wildman–Crippen MR) is 78.6 cm³/mol. The third-order valence-corrected chi connectivity index (χ3v) is 3.99. The van der Waals surface area contributed by atoms with Gasteiger partial charge in [0.05, 0.1) is 12.6 Å². The molecule has 0 fully saturated rings. The second kappa shape index (κ2) is 5.85. The van der Waals surface area contributed by atoms with Crippen LogP contribution in [0.15, 0.2) is 30.6 Å². The Hall–Kier alpha value is -1.88. The van der Waals surface area contributed by atoms with Crippen LogP contribution in [0.25, 0.3) is 0 Å². The van der Waals surface area contributed by atoms with E-state index >= 15 is 0 Å². The van der Waals surface area contributed by atoms with E-state index in [1.807, 2.05) is 17.8 Å². The van der Waals surface area contributed by atoms with Crippen LogP contribution in [0.2, 0.25) is 0 Å². The highest BCUT2D eigenvalue weighted by atomic mass is 19.1. The van der Waals surface area contributed by atoms with Gasteiger partial charge in [-0.15, -0.1) is 0 Å². The molecule has 0 saturated heterocycles. The Labute approximate surface area is 124 Å². The van der Waals surface area contributed by atoms with E-state index in [1.165, 1.54) is 6.07 Å². The van der Waals surface area contributed by atoms with Crippen molar-refractivity contribution in [3.05, 3.63) is 47.8 Å². The number of nitrogens with zero attached hydrogens (tertiary/aromatic N) is 2. The van der Waals surface area contributed by atoms with Gasteiger partial charge in [0, 0.05) is 37.5 Å². The zero-order valence-electron chi connectivity index (χ0n) is 12.3. The molecular weight excluding hydrogens is 269 g/mol. The Kier molecular flexibility index (Phi) is 3.92. The molecule has 1 aromatic carbocycles. The maximum atomic E-state index is 13.5. The number of hydrogen-bond donors (Lipinski definition) is 1. The summed E-state index contributed by atoms with van der Waals surface area (Å²) in [7, 11) is 1.99. The fraction of sp³-hybridized carbons (Fsp3) is 0.438. The lowest BCUT2D eigenvalue weighted by Crippen LogP contribution is -2.31. The van der Waals surface area contributed by atoms with E-state index in [9.17, 15) is 4.39 Å². The molecule has 0 bridgehead atoms. The molecule has 1 aliphatic rings. The van der Waals surface area contributed by atoms with Crippen LogP contribution in [0.5, 0.6) is 5.75 Å². The predicted octanol–water partition coefficient (Wildman–Crippen LogP) is 3.12. The van der Waals surface area contributed by atoms with Gasteiger partial charge in [-0.25, -0.2) is 9.37 Å². The van der Waals surface area contributed by atoms with Gasteiger partial charge >= 0.3 is 0 Å². The Bertz CT molecular complexity index is 626. The first-order chi connectivity index (χ1) is 10.2. The van der Waals surface area contributed by atoms with Gasteiger partial charge in [-0.2, -0.15) is 0 Å². The number of aryl methyl sites for hydroxylation is 1. The Morgan fingerprint density at radius 1 is 1.52 bits per heavy atom. The molecule has 0 spiro atoms. The molecule has 21 heavy (non-hydrogen) atoms. The Morgan fingerprint density at radius 3 is 3.10 bits per heavy atom. The molecule has 0 saturated carbocycles. The minimum Gasteiger partial charge on any atom is -0.493 e. The van der Waals surface area contributed by atoms with Crippen LogP contribution in [-0.4, -0.2) is 16.2 Å². The van der Waals surface area contributed by atoms with Crippen molar-refractivity contribution in [2.45, 2.75) is 31.8 Å². The highest BCUT2D eigenvalue weighted by molar-refractivity contribution is 5.38. The third kappa shape index (κ3) is 2.78. The van der Waals surface area contributed by atoms with E-state index in [0.717, 1.165) is 30.0 Å². The van der Waals surface area contributed by atoms with Crippen molar-refractivity contribution in [2.75, 3.05) is 6.61 Å². The summed E-state index contributed by atoms with van der Waals surface area (Å²) in [4.78, 5) is 4.42. The number of rotatable bonds is 4. The number of imidazole rings is 1. The number of nitrogens with one attached hydrogen (secondary N) is 1. The zero-order valence-corrected chi connectivity index (χ0v) is 12.3. The van der Waals surface area contributed by atoms with Crippen molar-refractivity contribution < 1.29 is 9.13 Å². The van der Waals surface area contributed by atoms with E-state index in [2.05, 4.69) is 17.2 Å². The summed E-state index contributed by atoms with van der Waals surface area (Å²) < 4.78 is 21.2. The van der Waals surface area contributed by atoms with E-state index in [-0.39, 0.29) is 17.9 Å². The monoisotopic (exact) mass is 289 g/mol. The van der Waals surface area contributed by atoms with E-state index in [0.29, 0.717) is 6.61 Å². The molecule has 0 aliphatic carbocycles. The second-order valence-corrected chi connectivity index (χ2v) is 5.40. The molecule has 2 heterocycles. The minimum atomic E-state index is -0.226. The Morgan fingerprint density at radius 2 is 2.38 bits per heavy atom. The molecule has 2 aromatic rings. The number of aromatic nitrogens is 2. The smallest absolute Gasteiger partial charge is 0.125 e. The van der Waals surface area contributed by atoms with Gasteiger partial charge in [0.15, 0.2) is 0 Å². The van der Waals surface area contributed by atoms with Crippen molar-refractivity contribution in [2.24, 2.45) is 7.05 Å². The SMILES string of the molecule is CC[C@@H](N[C@H]1CCOc2ccc(F)cc21)c1nccn1C. The first-order valence-corrected chi connectivity index (χ1v) is 7.34. The fourth-order valence-electron chi connectivity index (χ4n) is 2.87. The molecule has 2 atom stereocenters. The first kappa shape index (κ1) is 14.1. The summed E-state index contributed by atoms with van der Waals surface area (Å²) in [5.74, 6) is 1.55. The minimum absolute atomic E-state index is 0.0890. The fourth-order valence-corrected chi connectivity index (χ4v) is 2.87. The van der Waals surface area contributed by atoms with Gasteiger partial charge in [-0.1, -0.05) is 6.92 Å². The standard InChI is InChI=1S/C16H20FN3O/c1-3-13(16-18-7-8-20(16)2)19-14-6-9-21-15-5-4-11(17)10-12(14)15/h4-5,7-8,10,13-14,19H,3,6,9H2,1-2H3/t13-,14+/m1/s1. The highest BCUT2D eigenvalue weighted by Crippen LogP contribution is 2.34. The van der Waals surface area contributed by atoms with Crippen molar-refractivity contribution in [3.8, 4) is 5.75 Å². The topological polar surface area (TPSA) is 39.1 Å². The largest absolute Gasteiger partial charge is 0.493 e. The maximum absolute atomic E-state index is 13.5. The van der Waals surface area contributed by atoms with Gasteiger partial charge in [0.1, 0.15) is 17.4 Å². The van der Waals surface area contributed by atoms with E-state index in [1.54, 1.807) is 18.3 Å². The van der Waals surface area contributed by atoms with Crippen LogP contribution < -0.4 is 10.1 Å². The van der Waals surface area contributed by atoms with Gasteiger partial charge in [0.2, 0.25) is 0 Å². The summed E-state index contributed by atoms with van der Waals surface area (Å²) >= 11 is 0. The first-order valence-electron chi connectivity index (χ1n) is 7.34. The van der Waals surface area contributed by atoms with Gasteiger partial charge < -0.3 is 14.6 Å². The average molecular weight is 289 g/mol. The van der Waals surface area contributed by atoms with E-state index in [4.69, 9.17) is 4.74 Å². The van der Waals surface area contributed by atoms with Gasteiger partial charge in [0.25, 0.3) is 0 Å². The van der Waals surface area contributed by atoms with Crippen LogP contribution in [0.3, 0.4) is 0 Å². The third-order valence-electron chi connectivity index (χ3n) is 3.99. The molecule has 0 radical (unpaired) electrons. The number of fused-ring (bicyclic) bond motifs is 1. The lowest BCUT2D eigenvalue weighted by molar-refractivity contribution is 0.240. The number of halogens is 1. The van der Waals surface area contributed by atoms with Gasteiger partial charge in [-0.05, 0) is 24.6 Å². The van der Waals surface area contributed by atoms with Crippen LogP contribution >= 0.6 is 0 Å². The van der Waals surface area contributed by atoms with Crippen molar-refractivity contribution in [3.63, 3.8) is 0 Å². The molecule has 1 aliphatic heterocycles. The van der Waals surface area contributed by atoms with Crippen LogP contribution in [-0.2, 0) is 7.05 Å². The summed E-state index contributed by atoms with van der Waals surface area (Å²) in [6.07, 6.45) is 5.50. The van der Waals surface area contributed by atoms with Crippen molar-refractivity contribution in [1.29, 1.82) is 0 Å². The molecule has 5 heteroatoms. The molecule has 3 rings (SSSR count). The molecule has 4 nitrogen and oxygen atoms in total. The Balaban J connectivity index is 1.85. The normalized spacial score (nSPS) is 18.9.